The van der Waals surface area contributed by atoms with E-state index < -0.39 is 11.9 Å². The zero-order valence-electron chi connectivity index (χ0n) is 29.1. The van der Waals surface area contributed by atoms with E-state index in [-0.39, 0.29) is 50.8 Å². The molecule has 0 saturated carbocycles. The van der Waals surface area contributed by atoms with Gasteiger partial charge in [0.05, 0.1) is 90.4 Å². The molecular weight excluding hydrogens is 682 g/mol. The van der Waals surface area contributed by atoms with Gasteiger partial charge in [-0.2, -0.15) is 0 Å². The minimum Gasteiger partial charge on any atom is -0.491 e. The summed E-state index contributed by atoms with van der Waals surface area (Å²) in [6.07, 6.45) is 2.64. The first kappa shape index (κ1) is 38.7. The van der Waals surface area contributed by atoms with Crippen molar-refractivity contribution in [3.63, 3.8) is 0 Å². The van der Waals surface area contributed by atoms with Crippen molar-refractivity contribution in [1.29, 1.82) is 0 Å². The number of hydrogen-bond acceptors (Lipinski definition) is 15. The number of fused-ring (bicyclic) bond motifs is 8. The fourth-order valence-corrected chi connectivity index (χ4v) is 4.85. The normalized spacial score (nSPS) is 18.7. The summed E-state index contributed by atoms with van der Waals surface area (Å²) in [6.45, 7) is 5.34. The van der Waals surface area contributed by atoms with Gasteiger partial charge < -0.3 is 56.8 Å². The average Bonchev–Trinajstić information content (AvgIpc) is 3.16. The average molecular weight is 728 g/mol. The molecule has 0 unspecified atom stereocenters. The first-order valence-corrected chi connectivity index (χ1v) is 17.2. The Bertz CT molecular complexity index is 1360. The molecule has 0 fully saturated rings. The SMILES string of the molecule is O=C1OCc2cc3cc(c2)OCCOCCOCCOCCOc2cc(cc(c2)OCCOCCOCCOCCO3)COC(=O)c2cncc1c2. The minimum absolute atomic E-state index is 0.0809. The zero-order valence-corrected chi connectivity index (χ0v) is 29.1. The molecule has 1 aromatic heterocycles. The topological polar surface area (TPSA) is 158 Å². The molecule has 5 rings (SSSR count). The van der Waals surface area contributed by atoms with Gasteiger partial charge in [-0.15, -0.1) is 0 Å². The fraction of sp³-hybridized carbons (Fsp3) is 0.486. The number of benzene rings is 2. The molecule has 0 N–H and O–H groups in total. The van der Waals surface area contributed by atoms with Crippen LogP contribution in [0.25, 0.3) is 0 Å². The predicted molar refractivity (Wildman–Crippen MR) is 182 cm³/mol. The van der Waals surface area contributed by atoms with E-state index in [4.69, 9.17) is 56.8 Å². The highest BCUT2D eigenvalue weighted by molar-refractivity contribution is 5.94. The summed E-state index contributed by atoms with van der Waals surface area (Å²) in [6, 6.07) is 11.8. The Labute approximate surface area is 302 Å². The number of esters is 2. The van der Waals surface area contributed by atoms with Gasteiger partial charge in [-0.25, -0.2) is 9.59 Å². The molecule has 3 aromatic rings. The van der Waals surface area contributed by atoms with E-state index in [2.05, 4.69) is 4.98 Å². The summed E-state index contributed by atoms with van der Waals surface area (Å²) in [5.74, 6) is 0.661. The molecule has 3 heterocycles. The van der Waals surface area contributed by atoms with E-state index in [9.17, 15) is 9.59 Å². The second-order valence-corrected chi connectivity index (χ2v) is 11.3. The Hall–Kier alpha value is -4.51. The Morgan fingerprint density at radius 2 is 0.635 bits per heavy atom. The smallest absolute Gasteiger partial charge is 0.340 e. The number of carbonyl (C=O) groups excluding carboxylic acids is 2. The molecule has 0 atom stereocenters. The first-order chi connectivity index (χ1) is 25.6. The van der Waals surface area contributed by atoms with Crippen LogP contribution >= 0.6 is 0 Å². The van der Waals surface area contributed by atoms with Crippen molar-refractivity contribution in [3.05, 3.63) is 77.1 Å². The highest BCUT2D eigenvalue weighted by atomic mass is 16.6. The van der Waals surface area contributed by atoms with Gasteiger partial charge in [0, 0.05) is 24.5 Å². The molecule has 0 spiro atoms. The molecule has 0 aliphatic carbocycles. The van der Waals surface area contributed by atoms with Crippen molar-refractivity contribution in [2.24, 2.45) is 0 Å². The van der Waals surface area contributed by atoms with Crippen LogP contribution in [-0.4, -0.2) is 123 Å². The summed E-state index contributed by atoms with van der Waals surface area (Å²) in [7, 11) is 0. The molecule has 0 radical (unpaired) electrons. The highest BCUT2D eigenvalue weighted by Crippen LogP contribution is 2.26. The summed E-state index contributed by atoms with van der Waals surface area (Å²) < 4.78 is 68.6. The molecular formula is C37H45NO14. The van der Waals surface area contributed by atoms with Crippen LogP contribution in [0.5, 0.6) is 23.0 Å². The van der Waals surface area contributed by atoms with E-state index in [1.807, 2.05) is 0 Å². The molecule has 2 aromatic carbocycles. The second-order valence-electron chi connectivity index (χ2n) is 11.3. The van der Waals surface area contributed by atoms with Crippen LogP contribution in [0.1, 0.15) is 31.8 Å². The van der Waals surface area contributed by atoms with Gasteiger partial charge in [0.2, 0.25) is 0 Å². The van der Waals surface area contributed by atoms with Crippen molar-refractivity contribution in [2.45, 2.75) is 13.2 Å². The highest BCUT2D eigenvalue weighted by Gasteiger charge is 2.16. The van der Waals surface area contributed by atoms with Crippen molar-refractivity contribution >= 4 is 11.9 Å². The third-order valence-electron chi connectivity index (χ3n) is 7.30. The van der Waals surface area contributed by atoms with Gasteiger partial charge >= 0.3 is 11.9 Å². The number of hydrogen-bond donors (Lipinski definition) is 0. The molecule has 0 amide bonds. The lowest BCUT2D eigenvalue weighted by Crippen LogP contribution is -2.15. The second kappa shape index (κ2) is 22.4. The largest absolute Gasteiger partial charge is 0.491 e. The van der Waals surface area contributed by atoms with Crippen LogP contribution in [-0.2, 0) is 51.1 Å². The van der Waals surface area contributed by atoms with Gasteiger partial charge in [-0.3, -0.25) is 4.98 Å². The summed E-state index contributed by atoms with van der Waals surface area (Å²) in [5, 5.41) is 0. The summed E-state index contributed by atoms with van der Waals surface area (Å²) in [5.41, 5.74) is 1.40. The Balaban J connectivity index is 1.35. The van der Waals surface area contributed by atoms with Crippen LogP contribution in [0.15, 0.2) is 54.9 Å². The first-order valence-electron chi connectivity index (χ1n) is 17.2. The Kier molecular flexibility index (Phi) is 16.7. The molecule has 8 bridgehead atoms. The molecule has 2 aliphatic heterocycles. The number of nitrogens with zero attached hydrogens (tertiary/aromatic N) is 1. The van der Waals surface area contributed by atoms with Crippen molar-refractivity contribution < 1.29 is 66.4 Å². The van der Waals surface area contributed by atoms with Crippen LogP contribution in [0, 0.1) is 0 Å². The predicted octanol–water partition coefficient (Wildman–Crippen LogP) is 3.44. The number of ether oxygens (including phenoxy) is 12. The minimum atomic E-state index is -0.678. The van der Waals surface area contributed by atoms with Crippen molar-refractivity contribution in [2.75, 3.05) is 106 Å². The van der Waals surface area contributed by atoms with Gasteiger partial charge in [0.1, 0.15) is 62.6 Å². The third kappa shape index (κ3) is 14.3. The maximum atomic E-state index is 13.1. The van der Waals surface area contributed by atoms with E-state index in [1.165, 1.54) is 18.5 Å². The number of rotatable bonds is 0. The van der Waals surface area contributed by atoms with E-state index in [0.717, 1.165) is 0 Å². The van der Waals surface area contributed by atoms with Crippen molar-refractivity contribution in [1.82, 2.24) is 4.98 Å². The molecule has 282 valence electrons. The maximum absolute atomic E-state index is 13.1. The Morgan fingerprint density at radius 1 is 0.346 bits per heavy atom. The van der Waals surface area contributed by atoms with Crippen LogP contribution in [0.3, 0.4) is 0 Å². The summed E-state index contributed by atoms with van der Waals surface area (Å²) in [4.78, 5) is 30.2. The van der Waals surface area contributed by atoms with E-state index >= 15 is 0 Å². The Morgan fingerprint density at radius 3 is 0.942 bits per heavy atom. The van der Waals surface area contributed by atoms with Gasteiger partial charge in [0.25, 0.3) is 0 Å². The molecule has 2 aliphatic rings. The quantitative estimate of drug-likeness (QED) is 0.310. The number of pyridine rings is 1. The molecule has 52 heavy (non-hydrogen) atoms. The molecule has 0 saturated heterocycles. The van der Waals surface area contributed by atoms with Gasteiger partial charge in [-0.1, -0.05) is 0 Å². The van der Waals surface area contributed by atoms with Crippen molar-refractivity contribution in [3.8, 4) is 23.0 Å². The van der Waals surface area contributed by atoms with Crippen LogP contribution < -0.4 is 18.9 Å². The maximum Gasteiger partial charge on any atom is 0.340 e. The third-order valence-corrected chi connectivity index (χ3v) is 7.30. The number of carbonyl (C=O) groups is 2. The lowest BCUT2D eigenvalue weighted by atomic mass is 10.2. The standard InChI is InChI=1S/C37H45NO14/c39-36-30-21-31(25-38-24-30)37(40)52-27-29-19-34-23-35(20-29)50-16-12-46-8-4-42-3-7-45-11-15-49-33-18-28(26-51-36)17-32(22-33)47-13-9-43-5-1-41-2-6-44-10-14-48-34/h17-25H,1-16,26-27H2. The fourth-order valence-electron chi connectivity index (χ4n) is 4.85. The lowest BCUT2D eigenvalue weighted by molar-refractivity contribution is 0.00430. The lowest BCUT2D eigenvalue weighted by Gasteiger charge is -2.14. The molecule has 15 nitrogen and oxygen atoms in total. The van der Waals surface area contributed by atoms with E-state index in [0.29, 0.717) is 113 Å². The summed E-state index contributed by atoms with van der Waals surface area (Å²) >= 11 is 0. The van der Waals surface area contributed by atoms with Gasteiger partial charge in [0.15, 0.2) is 0 Å². The molecule has 15 heteroatoms. The monoisotopic (exact) mass is 727 g/mol. The van der Waals surface area contributed by atoms with E-state index in [1.54, 1.807) is 36.4 Å². The van der Waals surface area contributed by atoms with Crippen LogP contribution in [0.4, 0.5) is 0 Å². The van der Waals surface area contributed by atoms with Crippen LogP contribution in [0.2, 0.25) is 0 Å². The zero-order chi connectivity index (χ0) is 36.1. The number of aromatic nitrogens is 1. The van der Waals surface area contributed by atoms with Gasteiger partial charge in [-0.05, 0) is 41.5 Å².